The van der Waals surface area contributed by atoms with Crippen LogP contribution in [-0.4, -0.2) is 46.4 Å². The maximum atomic E-state index is 14.0. The van der Waals surface area contributed by atoms with Crippen LogP contribution >= 0.6 is 11.6 Å². The zero-order valence-electron chi connectivity index (χ0n) is 14.9. The van der Waals surface area contributed by atoms with Crippen LogP contribution in [-0.2, 0) is 11.3 Å². The van der Waals surface area contributed by atoms with Gasteiger partial charge in [-0.2, -0.15) is 0 Å². The first-order valence-corrected chi connectivity index (χ1v) is 9.04. The Morgan fingerprint density at radius 1 is 1.26 bits per heavy atom. The first-order chi connectivity index (χ1) is 12.9. The van der Waals surface area contributed by atoms with Gasteiger partial charge in [-0.05, 0) is 37.1 Å². The van der Waals surface area contributed by atoms with Gasteiger partial charge in [-0.15, -0.1) is 0 Å². The molecule has 1 saturated heterocycles. The molecule has 0 aliphatic carbocycles. The molecule has 2 aromatic carbocycles. The number of aromatic hydroxyl groups is 1. The third kappa shape index (κ3) is 3.90. The van der Waals surface area contributed by atoms with Crippen molar-refractivity contribution >= 4 is 23.4 Å². The van der Waals surface area contributed by atoms with Gasteiger partial charge in [0.2, 0.25) is 5.91 Å². The number of hydrogen-bond acceptors (Lipinski definition) is 3. The summed E-state index contributed by atoms with van der Waals surface area (Å²) in [6.45, 7) is 0.442. The zero-order valence-corrected chi connectivity index (χ0v) is 15.6. The molecule has 2 amide bonds. The van der Waals surface area contributed by atoms with Gasteiger partial charge in [0.1, 0.15) is 17.6 Å². The molecule has 0 radical (unpaired) electrons. The molecule has 1 N–H and O–H groups in total. The quantitative estimate of drug-likeness (QED) is 0.869. The van der Waals surface area contributed by atoms with Crippen molar-refractivity contribution in [3.05, 3.63) is 64.4 Å². The van der Waals surface area contributed by atoms with E-state index in [9.17, 15) is 19.1 Å². The van der Waals surface area contributed by atoms with E-state index >= 15 is 0 Å². The lowest BCUT2D eigenvalue weighted by atomic mass is 10.1. The van der Waals surface area contributed by atoms with E-state index in [0.29, 0.717) is 19.4 Å². The minimum atomic E-state index is -0.646. The molecule has 1 atom stereocenters. The second kappa shape index (κ2) is 7.96. The van der Waals surface area contributed by atoms with Crippen molar-refractivity contribution in [1.82, 2.24) is 9.80 Å². The highest BCUT2D eigenvalue weighted by Crippen LogP contribution is 2.26. The predicted molar refractivity (Wildman–Crippen MR) is 100 cm³/mol. The summed E-state index contributed by atoms with van der Waals surface area (Å²) in [5.41, 5.74) is 0.406. The summed E-state index contributed by atoms with van der Waals surface area (Å²) in [4.78, 5) is 28.5. The number of para-hydroxylation sites is 1. The minimum absolute atomic E-state index is 0.0134. The first-order valence-electron chi connectivity index (χ1n) is 8.67. The van der Waals surface area contributed by atoms with Crippen molar-refractivity contribution < 1.29 is 19.1 Å². The molecule has 1 heterocycles. The van der Waals surface area contributed by atoms with Crippen molar-refractivity contribution in [2.75, 3.05) is 13.6 Å². The van der Waals surface area contributed by atoms with Crippen LogP contribution in [0, 0.1) is 5.82 Å². The van der Waals surface area contributed by atoms with Crippen LogP contribution in [0.4, 0.5) is 4.39 Å². The number of likely N-dealkylation sites (N-methyl/N-ethyl adjacent to an activating group) is 1. The Morgan fingerprint density at radius 3 is 2.70 bits per heavy atom. The summed E-state index contributed by atoms with van der Waals surface area (Å²) >= 11 is 6.04. The van der Waals surface area contributed by atoms with Crippen molar-refractivity contribution in [2.24, 2.45) is 0 Å². The Labute approximate surface area is 162 Å². The molecule has 3 rings (SSSR count). The lowest BCUT2D eigenvalue weighted by Gasteiger charge is -2.28. The van der Waals surface area contributed by atoms with Gasteiger partial charge in [0.25, 0.3) is 5.91 Å². The molecule has 0 bridgehead atoms. The van der Waals surface area contributed by atoms with Crippen molar-refractivity contribution in [3.8, 4) is 5.75 Å². The van der Waals surface area contributed by atoms with Gasteiger partial charge in [-0.3, -0.25) is 9.59 Å². The number of halogens is 2. The van der Waals surface area contributed by atoms with Crippen molar-refractivity contribution in [1.29, 1.82) is 0 Å². The van der Waals surface area contributed by atoms with Gasteiger partial charge in [-0.1, -0.05) is 29.8 Å². The van der Waals surface area contributed by atoms with Gasteiger partial charge in [-0.25, -0.2) is 4.39 Å². The average molecular weight is 391 g/mol. The normalized spacial score (nSPS) is 16.4. The van der Waals surface area contributed by atoms with Crippen LogP contribution in [0.3, 0.4) is 0 Å². The lowest BCUT2D eigenvalue weighted by Crippen LogP contribution is -2.46. The molecule has 0 aromatic heterocycles. The molecule has 1 aliphatic heterocycles. The molecule has 5 nitrogen and oxygen atoms in total. The SMILES string of the molecule is CN(Cc1c(F)cccc1Cl)C(=O)[C@H]1CCCN1C(=O)c1ccccc1O. The van der Waals surface area contributed by atoms with E-state index in [-0.39, 0.29) is 40.3 Å². The monoisotopic (exact) mass is 390 g/mol. The number of rotatable bonds is 4. The van der Waals surface area contributed by atoms with Crippen LogP contribution < -0.4 is 0 Å². The number of benzene rings is 2. The summed E-state index contributed by atoms with van der Waals surface area (Å²) in [7, 11) is 1.56. The highest BCUT2D eigenvalue weighted by Gasteiger charge is 2.37. The number of amides is 2. The van der Waals surface area contributed by atoms with E-state index in [1.807, 2.05) is 0 Å². The molecular weight excluding hydrogens is 371 g/mol. The van der Waals surface area contributed by atoms with Crippen LogP contribution in [0.5, 0.6) is 5.75 Å². The second-order valence-electron chi connectivity index (χ2n) is 6.57. The van der Waals surface area contributed by atoms with E-state index in [2.05, 4.69) is 0 Å². The molecule has 142 valence electrons. The number of phenols is 1. The lowest BCUT2D eigenvalue weighted by molar-refractivity contribution is -0.134. The first kappa shape index (κ1) is 19.2. The molecule has 0 spiro atoms. The Balaban J connectivity index is 1.77. The fourth-order valence-electron chi connectivity index (χ4n) is 3.33. The number of hydrogen-bond donors (Lipinski definition) is 1. The smallest absolute Gasteiger partial charge is 0.258 e. The van der Waals surface area contributed by atoms with E-state index < -0.39 is 11.9 Å². The van der Waals surface area contributed by atoms with E-state index in [4.69, 9.17) is 11.6 Å². The largest absolute Gasteiger partial charge is 0.507 e. The molecule has 0 unspecified atom stereocenters. The summed E-state index contributed by atoms with van der Waals surface area (Å²) in [6.07, 6.45) is 1.21. The summed E-state index contributed by atoms with van der Waals surface area (Å²) in [5.74, 6) is -1.26. The molecule has 27 heavy (non-hydrogen) atoms. The Kier molecular flexibility index (Phi) is 5.65. The molecule has 2 aromatic rings. The average Bonchev–Trinajstić information content (AvgIpc) is 3.13. The summed E-state index contributed by atoms with van der Waals surface area (Å²) in [5, 5.41) is 10.2. The molecular formula is C20H20ClFN2O3. The Morgan fingerprint density at radius 2 is 2.00 bits per heavy atom. The van der Waals surface area contributed by atoms with Crippen molar-refractivity contribution in [3.63, 3.8) is 0 Å². The summed E-state index contributed by atoms with van der Waals surface area (Å²) in [6, 6.07) is 9.98. The molecule has 1 aliphatic rings. The third-order valence-electron chi connectivity index (χ3n) is 4.77. The highest BCUT2D eigenvalue weighted by molar-refractivity contribution is 6.31. The Bertz CT molecular complexity index is 854. The molecule has 7 heteroatoms. The third-order valence-corrected chi connectivity index (χ3v) is 5.12. The minimum Gasteiger partial charge on any atom is -0.507 e. The fourth-order valence-corrected chi connectivity index (χ4v) is 3.55. The standard InChI is InChI=1S/C20H20ClFN2O3/c1-23(12-14-15(21)7-4-8-16(14)22)20(27)17-9-5-11-24(17)19(26)13-6-2-3-10-18(13)25/h2-4,6-8,10,17,25H,5,9,11-12H2,1H3/t17-/m1/s1. The number of carbonyl (C=O) groups excluding carboxylic acids is 2. The maximum absolute atomic E-state index is 14.0. The van der Waals surface area contributed by atoms with Gasteiger partial charge in [0, 0.05) is 30.7 Å². The maximum Gasteiger partial charge on any atom is 0.258 e. The Hall–Kier alpha value is -2.60. The number of carbonyl (C=O) groups is 2. The van der Waals surface area contributed by atoms with Gasteiger partial charge in [0.15, 0.2) is 0 Å². The van der Waals surface area contributed by atoms with Crippen LogP contribution in [0.15, 0.2) is 42.5 Å². The number of nitrogens with zero attached hydrogens (tertiary/aromatic N) is 2. The number of phenolic OH excluding ortho intramolecular Hbond substituents is 1. The zero-order chi connectivity index (χ0) is 19.6. The predicted octanol–water partition coefficient (Wildman–Crippen LogP) is 3.45. The van der Waals surface area contributed by atoms with E-state index in [0.717, 1.165) is 0 Å². The van der Waals surface area contributed by atoms with Crippen LogP contribution in [0.1, 0.15) is 28.8 Å². The highest BCUT2D eigenvalue weighted by atomic mass is 35.5. The van der Waals surface area contributed by atoms with Crippen LogP contribution in [0.2, 0.25) is 5.02 Å². The molecule has 0 saturated carbocycles. The van der Waals surface area contributed by atoms with E-state index in [1.54, 1.807) is 25.2 Å². The van der Waals surface area contributed by atoms with Gasteiger partial charge < -0.3 is 14.9 Å². The summed E-state index contributed by atoms with van der Waals surface area (Å²) < 4.78 is 14.0. The fraction of sp³-hybridized carbons (Fsp3) is 0.300. The second-order valence-corrected chi connectivity index (χ2v) is 6.98. The number of likely N-dealkylation sites (tertiary alicyclic amines) is 1. The van der Waals surface area contributed by atoms with Gasteiger partial charge in [0.05, 0.1) is 5.56 Å². The molecule has 1 fully saturated rings. The van der Waals surface area contributed by atoms with Crippen LogP contribution in [0.25, 0.3) is 0 Å². The van der Waals surface area contributed by atoms with E-state index in [1.165, 1.54) is 34.1 Å². The topological polar surface area (TPSA) is 60.9 Å². The van der Waals surface area contributed by atoms with Gasteiger partial charge >= 0.3 is 0 Å². The van der Waals surface area contributed by atoms with Crippen molar-refractivity contribution in [2.45, 2.75) is 25.4 Å².